The number of hydrogen-bond acceptors (Lipinski definition) is 6. The van der Waals surface area contributed by atoms with Crippen LogP contribution in [0.2, 0.25) is 0 Å². The van der Waals surface area contributed by atoms with Crippen LogP contribution >= 0.6 is 22.7 Å². The quantitative estimate of drug-likeness (QED) is 0.685. The maximum Gasteiger partial charge on any atom is 0.296 e. The first-order valence-corrected chi connectivity index (χ1v) is 9.33. The van der Waals surface area contributed by atoms with Gasteiger partial charge in [-0.3, -0.25) is 14.5 Å². The number of rotatable bonds is 4. The molecule has 0 fully saturated rings. The summed E-state index contributed by atoms with van der Waals surface area (Å²) < 4.78 is 13.8. The van der Waals surface area contributed by atoms with E-state index in [9.17, 15) is 19.1 Å². The van der Waals surface area contributed by atoms with Gasteiger partial charge in [0, 0.05) is 11.6 Å². The van der Waals surface area contributed by atoms with Gasteiger partial charge >= 0.3 is 0 Å². The summed E-state index contributed by atoms with van der Waals surface area (Å²) in [6, 6.07) is 8.02. The van der Waals surface area contributed by atoms with E-state index >= 15 is 0 Å². The van der Waals surface area contributed by atoms with Crippen LogP contribution < -0.4 is 4.90 Å². The summed E-state index contributed by atoms with van der Waals surface area (Å²) in [6.07, 6.45) is 1.52. The van der Waals surface area contributed by atoms with Crippen molar-refractivity contribution >= 4 is 39.5 Å². The molecular weight excluding hydrogens is 375 g/mol. The van der Waals surface area contributed by atoms with Crippen molar-refractivity contribution in [3.8, 4) is 0 Å². The predicted molar refractivity (Wildman–Crippen MR) is 97.0 cm³/mol. The SMILES string of the molecule is O=C(C1=C(O)C(=O)N(c2nccs2)C1c1cccc(F)c1)c1cccs1. The lowest BCUT2D eigenvalue weighted by Crippen LogP contribution is -2.30. The standard InChI is InChI=1S/C18H11FN2O3S2/c19-11-4-1-3-10(9-11)14-13(15(22)12-5-2-7-25-12)16(23)17(24)21(14)18-20-6-8-26-18/h1-9,14,23H. The normalized spacial score (nSPS) is 17.2. The van der Waals surface area contributed by atoms with Crippen molar-refractivity contribution < 1.29 is 19.1 Å². The summed E-state index contributed by atoms with van der Waals surface area (Å²) in [5, 5.41) is 14.2. The van der Waals surface area contributed by atoms with E-state index in [1.807, 2.05) is 0 Å². The second-order valence-corrected chi connectivity index (χ2v) is 7.34. The molecule has 0 aliphatic carbocycles. The van der Waals surface area contributed by atoms with Crippen LogP contribution in [0.25, 0.3) is 0 Å². The van der Waals surface area contributed by atoms with E-state index in [0.717, 1.165) is 0 Å². The molecule has 1 aliphatic rings. The molecule has 130 valence electrons. The van der Waals surface area contributed by atoms with Crippen molar-refractivity contribution in [2.45, 2.75) is 6.04 Å². The zero-order chi connectivity index (χ0) is 18.3. The average Bonchev–Trinajstić information content (AvgIpc) is 3.37. The molecule has 8 heteroatoms. The number of nitrogens with zero attached hydrogens (tertiary/aromatic N) is 2. The zero-order valence-electron chi connectivity index (χ0n) is 13.1. The third kappa shape index (κ3) is 2.63. The molecule has 1 unspecified atom stereocenters. The number of ketones is 1. The zero-order valence-corrected chi connectivity index (χ0v) is 14.8. The molecule has 4 rings (SSSR count). The molecule has 5 nitrogen and oxygen atoms in total. The van der Waals surface area contributed by atoms with E-state index in [2.05, 4.69) is 4.98 Å². The average molecular weight is 386 g/mol. The van der Waals surface area contributed by atoms with E-state index in [4.69, 9.17) is 0 Å². The van der Waals surface area contributed by atoms with Crippen molar-refractivity contribution in [1.29, 1.82) is 0 Å². The van der Waals surface area contributed by atoms with Crippen LogP contribution in [0.4, 0.5) is 9.52 Å². The van der Waals surface area contributed by atoms with Gasteiger partial charge in [0.1, 0.15) is 5.82 Å². The van der Waals surface area contributed by atoms with Gasteiger partial charge in [-0.25, -0.2) is 9.37 Å². The molecule has 1 N–H and O–H groups in total. The molecule has 1 aromatic carbocycles. The Morgan fingerprint density at radius 1 is 1.19 bits per heavy atom. The Kier molecular flexibility index (Phi) is 4.14. The Morgan fingerprint density at radius 2 is 2.04 bits per heavy atom. The highest BCUT2D eigenvalue weighted by atomic mass is 32.1. The van der Waals surface area contributed by atoms with Crippen LogP contribution in [0.3, 0.4) is 0 Å². The maximum absolute atomic E-state index is 13.8. The summed E-state index contributed by atoms with van der Waals surface area (Å²) in [7, 11) is 0. The predicted octanol–water partition coefficient (Wildman–Crippen LogP) is 4.13. The van der Waals surface area contributed by atoms with Crippen molar-refractivity contribution in [1.82, 2.24) is 4.98 Å². The third-order valence-electron chi connectivity index (χ3n) is 3.99. The van der Waals surface area contributed by atoms with Gasteiger partial charge in [0.25, 0.3) is 5.91 Å². The molecule has 3 heterocycles. The van der Waals surface area contributed by atoms with E-state index in [1.165, 1.54) is 52.0 Å². The van der Waals surface area contributed by atoms with Crippen molar-refractivity contribution in [2.75, 3.05) is 4.90 Å². The van der Waals surface area contributed by atoms with Gasteiger partial charge in [-0.05, 0) is 29.1 Å². The van der Waals surface area contributed by atoms with E-state index in [0.29, 0.717) is 15.6 Å². The van der Waals surface area contributed by atoms with Gasteiger partial charge in [0.15, 0.2) is 10.9 Å². The summed E-state index contributed by atoms with van der Waals surface area (Å²) in [5.41, 5.74) is 0.316. The van der Waals surface area contributed by atoms with Gasteiger partial charge in [-0.1, -0.05) is 18.2 Å². The molecule has 1 amide bonds. The van der Waals surface area contributed by atoms with Crippen LogP contribution in [-0.4, -0.2) is 21.8 Å². The van der Waals surface area contributed by atoms with Crippen LogP contribution in [0.1, 0.15) is 21.3 Å². The Bertz CT molecular complexity index is 1010. The number of halogens is 1. The van der Waals surface area contributed by atoms with E-state index in [-0.39, 0.29) is 5.57 Å². The minimum absolute atomic E-state index is 0.0711. The summed E-state index contributed by atoms with van der Waals surface area (Å²) >= 11 is 2.40. The lowest BCUT2D eigenvalue weighted by Gasteiger charge is -2.24. The van der Waals surface area contributed by atoms with Gasteiger partial charge in [0.05, 0.1) is 16.5 Å². The van der Waals surface area contributed by atoms with E-state index in [1.54, 1.807) is 29.0 Å². The highest BCUT2D eigenvalue weighted by molar-refractivity contribution is 7.14. The van der Waals surface area contributed by atoms with Crippen LogP contribution in [0.5, 0.6) is 0 Å². The monoisotopic (exact) mass is 386 g/mol. The number of carbonyl (C=O) groups is 2. The number of aliphatic hydroxyl groups excluding tert-OH is 1. The Labute approximate surface area is 155 Å². The lowest BCUT2D eigenvalue weighted by molar-refractivity contribution is -0.117. The summed E-state index contributed by atoms with van der Waals surface area (Å²) in [5.74, 6) is -2.32. The molecule has 3 aromatic rings. The Balaban J connectivity index is 1.89. The molecule has 0 bridgehead atoms. The molecule has 0 radical (unpaired) electrons. The van der Waals surface area contributed by atoms with Gasteiger partial charge < -0.3 is 5.11 Å². The number of benzene rings is 1. The van der Waals surface area contributed by atoms with Crippen molar-refractivity contribution in [3.05, 3.63) is 80.9 Å². The number of anilines is 1. The first-order valence-electron chi connectivity index (χ1n) is 7.58. The molecular formula is C18H11FN2O3S2. The minimum Gasteiger partial charge on any atom is -0.503 e. The molecule has 0 spiro atoms. The van der Waals surface area contributed by atoms with Crippen LogP contribution in [-0.2, 0) is 4.79 Å². The lowest BCUT2D eigenvalue weighted by atomic mass is 9.95. The molecule has 2 aromatic heterocycles. The first-order chi connectivity index (χ1) is 12.6. The number of thiazole rings is 1. The van der Waals surface area contributed by atoms with Gasteiger partial charge in [-0.2, -0.15) is 0 Å². The summed E-state index contributed by atoms with van der Waals surface area (Å²) in [4.78, 5) is 31.4. The Hall–Kier alpha value is -2.84. The number of Topliss-reactive ketones (excluding diaryl/α,β-unsaturated/α-hetero) is 1. The highest BCUT2D eigenvalue weighted by Gasteiger charge is 2.45. The topological polar surface area (TPSA) is 70.5 Å². The minimum atomic E-state index is -0.945. The fourth-order valence-corrected chi connectivity index (χ4v) is 4.25. The molecule has 26 heavy (non-hydrogen) atoms. The maximum atomic E-state index is 13.8. The van der Waals surface area contributed by atoms with Gasteiger partial charge in [-0.15, -0.1) is 22.7 Å². The van der Waals surface area contributed by atoms with Crippen molar-refractivity contribution in [2.24, 2.45) is 0 Å². The number of amides is 1. The van der Waals surface area contributed by atoms with E-state index < -0.39 is 29.3 Å². The second-order valence-electron chi connectivity index (χ2n) is 5.52. The molecule has 0 saturated carbocycles. The van der Waals surface area contributed by atoms with Crippen LogP contribution in [0.15, 0.2) is 64.7 Å². The smallest absolute Gasteiger partial charge is 0.296 e. The van der Waals surface area contributed by atoms with Crippen molar-refractivity contribution in [3.63, 3.8) is 0 Å². The largest absolute Gasteiger partial charge is 0.503 e. The fourth-order valence-electron chi connectivity index (χ4n) is 2.90. The van der Waals surface area contributed by atoms with Gasteiger partial charge in [0.2, 0.25) is 5.78 Å². The number of thiophene rings is 1. The second kappa shape index (κ2) is 6.47. The number of hydrogen-bond donors (Lipinski definition) is 1. The number of carbonyl (C=O) groups excluding carboxylic acids is 2. The number of aliphatic hydroxyl groups is 1. The first kappa shape index (κ1) is 16.6. The third-order valence-corrected chi connectivity index (χ3v) is 5.63. The van der Waals surface area contributed by atoms with Crippen LogP contribution in [0, 0.1) is 5.82 Å². The molecule has 1 atom stereocenters. The highest BCUT2D eigenvalue weighted by Crippen LogP contribution is 2.42. The number of aromatic nitrogens is 1. The Morgan fingerprint density at radius 3 is 2.69 bits per heavy atom. The summed E-state index contributed by atoms with van der Waals surface area (Å²) in [6.45, 7) is 0. The molecule has 0 saturated heterocycles. The molecule has 1 aliphatic heterocycles. The fraction of sp³-hybridized carbons (Fsp3) is 0.0556.